The van der Waals surface area contributed by atoms with E-state index in [0.717, 1.165) is 0 Å². The van der Waals surface area contributed by atoms with E-state index in [-0.39, 0.29) is 11.4 Å². The third-order valence-corrected chi connectivity index (χ3v) is 3.33. The van der Waals surface area contributed by atoms with Crippen molar-refractivity contribution in [3.05, 3.63) is 57.3 Å². The molecule has 0 saturated carbocycles. The summed E-state index contributed by atoms with van der Waals surface area (Å²) >= 11 is 9.03. The predicted octanol–water partition coefficient (Wildman–Crippen LogP) is 3.45. The molecule has 0 bridgehead atoms. The minimum absolute atomic E-state index is 0.131. The van der Waals surface area contributed by atoms with E-state index >= 15 is 0 Å². The summed E-state index contributed by atoms with van der Waals surface area (Å²) in [5.74, 6) is -1.67. The lowest BCUT2D eigenvalue weighted by Crippen LogP contribution is -2.16. The fourth-order valence-corrected chi connectivity index (χ4v) is 2.40. The van der Waals surface area contributed by atoms with E-state index in [1.807, 2.05) is 0 Å². The number of hydrogen-bond acceptors (Lipinski definition) is 3. The third-order valence-electron chi connectivity index (χ3n) is 2.43. The molecule has 20 heavy (non-hydrogen) atoms. The van der Waals surface area contributed by atoms with E-state index in [0.29, 0.717) is 15.1 Å². The molecule has 0 saturated heterocycles. The molecule has 5 nitrogen and oxygen atoms in total. The smallest absolute Gasteiger partial charge is 0.356 e. The summed E-state index contributed by atoms with van der Waals surface area (Å²) in [5, 5.41) is 12.0. The van der Waals surface area contributed by atoms with Crippen LogP contribution in [0, 0.1) is 0 Å². The quantitative estimate of drug-likeness (QED) is 0.884. The lowest BCUT2D eigenvalue weighted by Gasteiger charge is -2.08. The van der Waals surface area contributed by atoms with E-state index in [2.05, 4.69) is 26.2 Å². The van der Waals surface area contributed by atoms with E-state index in [9.17, 15) is 9.59 Å². The van der Waals surface area contributed by atoms with Crippen LogP contribution >= 0.6 is 27.5 Å². The maximum atomic E-state index is 12.1. The molecule has 0 unspecified atom stereocenters. The van der Waals surface area contributed by atoms with Gasteiger partial charge >= 0.3 is 5.97 Å². The van der Waals surface area contributed by atoms with Gasteiger partial charge in [-0.25, -0.2) is 9.78 Å². The fraction of sp³-hybridized carbons (Fsp3) is 0. The standard InChI is InChI=1S/C13H8BrClN2O3/c14-9-6-7(15)3-4-8(9)12(18)17-10-2-1-5-16-11(10)13(19)20/h1-6H,(H,17,18)(H,19,20). The van der Waals surface area contributed by atoms with E-state index in [1.165, 1.54) is 12.3 Å². The van der Waals surface area contributed by atoms with Gasteiger partial charge < -0.3 is 10.4 Å². The molecule has 0 aliphatic heterocycles. The van der Waals surface area contributed by atoms with Gasteiger partial charge in [-0.15, -0.1) is 0 Å². The second-order valence-corrected chi connectivity index (χ2v) is 5.07. The number of halogens is 2. The fourth-order valence-electron chi connectivity index (χ4n) is 1.54. The highest BCUT2D eigenvalue weighted by Gasteiger charge is 2.16. The van der Waals surface area contributed by atoms with E-state index < -0.39 is 11.9 Å². The van der Waals surface area contributed by atoms with Crippen molar-refractivity contribution in [1.29, 1.82) is 0 Å². The van der Waals surface area contributed by atoms with Gasteiger partial charge in [0.25, 0.3) is 5.91 Å². The monoisotopic (exact) mass is 354 g/mol. The van der Waals surface area contributed by atoms with Crippen LogP contribution in [0.3, 0.4) is 0 Å². The average Bonchev–Trinajstić information content (AvgIpc) is 2.38. The van der Waals surface area contributed by atoms with Gasteiger partial charge in [-0.1, -0.05) is 11.6 Å². The zero-order valence-corrected chi connectivity index (χ0v) is 12.3. The predicted molar refractivity (Wildman–Crippen MR) is 78.3 cm³/mol. The highest BCUT2D eigenvalue weighted by molar-refractivity contribution is 9.10. The van der Waals surface area contributed by atoms with Gasteiger partial charge in [0.2, 0.25) is 0 Å². The van der Waals surface area contributed by atoms with Crippen molar-refractivity contribution in [3.8, 4) is 0 Å². The molecule has 102 valence electrons. The molecule has 0 aliphatic carbocycles. The summed E-state index contributed by atoms with van der Waals surface area (Å²) in [6, 6.07) is 7.70. The van der Waals surface area contributed by atoms with Gasteiger partial charge in [-0.3, -0.25) is 4.79 Å². The number of carbonyl (C=O) groups is 2. The second-order valence-electron chi connectivity index (χ2n) is 3.78. The number of aromatic carboxylic acids is 1. The number of carbonyl (C=O) groups excluding carboxylic acids is 1. The zero-order valence-electron chi connectivity index (χ0n) is 9.93. The number of aromatic nitrogens is 1. The van der Waals surface area contributed by atoms with Gasteiger partial charge in [-0.2, -0.15) is 0 Å². The van der Waals surface area contributed by atoms with Crippen LogP contribution in [0.1, 0.15) is 20.8 Å². The van der Waals surface area contributed by atoms with E-state index in [4.69, 9.17) is 16.7 Å². The Morgan fingerprint density at radius 3 is 2.70 bits per heavy atom. The molecule has 0 fully saturated rings. The number of nitrogens with zero attached hydrogens (tertiary/aromatic N) is 1. The van der Waals surface area contributed by atoms with Crippen LogP contribution in [0.2, 0.25) is 5.02 Å². The maximum Gasteiger partial charge on any atom is 0.356 e. The van der Waals surface area contributed by atoms with Crippen LogP contribution < -0.4 is 5.32 Å². The number of hydrogen-bond donors (Lipinski definition) is 2. The molecule has 1 amide bonds. The van der Waals surface area contributed by atoms with Crippen LogP contribution in [0.25, 0.3) is 0 Å². The first-order valence-electron chi connectivity index (χ1n) is 5.44. The van der Waals surface area contributed by atoms with Gasteiger partial charge in [0.15, 0.2) is 5.69 Å². The highest BCUT2D eigenvalue weighted by Crippen LogP contribution is 2.23. The summed E-state index contributed by atoms with van der Waals surface area (Å²) in [4.78, 5) is 26.8. The molecule has 7 heteroatoms. The summed E-state index contributed by atoms with van der Waals surface area (Å²) in [6.45, 7) is 0. The SMILES string of the molecule is O=C(Nc1cccnc1C(=O)O)c1ccc(Cl)cc1Br. The maximum absolute atomic E-state index is 12.1. The lowest BCUT2D eigenvalue weighted by molar-refractivity contribution is 0.0692. The van der Waals surface area contributed by atoms with Gasteiger partial charge in [0.1, 0.15) is 0 Å². The number of amides is 1. The summed E-state index contributed by atoms with van der Waals surface area (Å²) in [6.07, 6.45) is 1.34. The lowest BCUT2D eigenvalue weighted by atomic mass is 10.2. The van der Waals surface area contributed by atoms with Crippen molar-refractivity contribution in [1.82, 2.24) is 4.98 Å². The number of benzene rings is 1. The van der Waals surface area contributed by atoms with Crippen molar-refractivity contribution in [3.63, 3.8) is 0 Å². The van der Waals surface area contributed by atoms with Crippen LogP contribution in [0.15, 0.2) is 41.0 Å². The molecule has 1 heterocycles. The Labute approximate surface area is 127 Å². The normalized spacial score (nSPS) is 10.1. The minimum atomic E-state index is -1.21. The van der Waals surface area contributed by atoms with Crippen molar-refractivity contribution in [2.24, 2.45) is 0 Å². The Kier molecular flexibility index (Phi) is 4.36. The zero-order chi connectivity index (χ0) is 14.7. The first-order valence-corrected chi connectivity index (χ1v) is 6.61. The first-order chi connectivity index (χ1) is 9.49. The highest BCUT2D eigenvalue weighted by atomic mass is 79.9. The number of carboxylic acid groups (broad SMARTS) is 1. The summed E-state index contributed by atoms with van der Waals surface area (Å²) in [7, 11) is 0. The van der Waals surface area contributed by atoms with Crippen LogP contribution in [-0.4, -0.2) is 22.0 Å². The molecular formula is C13H8BrClN2O3. The number of carboxylic acids is 1. The molecule has 0 atom stereocenters. The first kappa shape index (κ1) is 14.5. The van der Waals surface area contributed by atoms with Crippen molar-refractivity contribution in [2.75, 3.05) is 5.32 Å². The Hall–Kier alpha value is -1.92. The number of rotatable bonds is 3. The average molecular weight is 356 g/mol. The van der Waals surface area contributed by atoms with Crippen LogP contribution in [0.5, 0.6) is 0 Å². The molecule has 1 aromatic carbocycles. The molecule has 0 spiro atoms. The van der Waals surface area contributed by atoms with Gasteiger partial charge in [0, 0.05) is 15.7 Å². The van der Waals surface area contributed by atoms with Crippen molar-refractivity contribution < 1.29 is 14.7 Å². The largest absolute Gasteiger partial charge is 0.476 e. The Bertz CT molecular complexity index is 691. The molecule has 2 rings (SSSR count). The number of anilines is 1. The second kappa shape index (κ2) is 6.02. The molecule has 2 N–H and O–H groups in total. The molecule has 1 aromatic heterocycles. The Morgan fingerprint density at radius 2 is 2.05 bits per heavy atom. The molecule has 2 aromatic rings. The van der Waals surface area contributed by atoms with Crippen LogP contribution in [0.4, 0.5) is 5.69 Å². The van der Waals surface area contributed by atoms with E-state index in [1.54, 1.807) is 24.3 Å². The summed E-state index contributed by atoms with van der Waals surface area (Å²) in [5.41, 5.74) is 0.257. The minimum Gasteiger partial charge on any atom is -0.476 e. The molecular weight excluding hydrogens is 348 g/mol. The number of pyridine rings is 1. The summed E-state index contributed by atoms with van der Waals surface area (Å²) < 4.78 is 0.517. The van der Waals surface area contributed by atoms with Crippen LogP contribution in [-0.2, 0) is 0 Å². The Morgan fingerprint density at radius 1 is 1.30 bits per heavy atom. The van der Waals surface area contributed by atoms with Gasteiger partial charge in [-0.05, 0) is 46.3 Å². The van der Waals surface area contributed by atoms with Gasteiger partial charge in [0.05, 0.1) is 11.3 Å². The molecule has 0 radical (unpaired) electrons. The topological polar surface area (TPSA) is 79.3 Å². The third kappa shape index (κ3) is 3.15. The molecule has 0 aliphatic rings. The number of nitrogens with one attached hydrogen (secondary N) is 1. The Balaban J connectivity index is 2.30. The van der Waals surface area contributed by atoms with Crippen molar-refractivity contribution >= 4 is 45.1 Å². The van der Waals surface area contributed by atoms with Crippen molar-refractivity contribution in [2.45, 2.75) is 0 Å².